The second-order valence-corrected chi connectivity index (χ2v) is 4.33. The Hall–Kier alpha value is -1.31. The zero-order valence-electron chi connectivity index (χ0n) is 10.0. The van der Waals surface area contributed by atoms with Crippen LogP contribution in [0, 0.1) is 0 Å². The number of esters is 1. The highest BCUT2D eigenvalue weighted by Crippen LogP contribution is 2.31. The van der Waals surface area contributed by atoms with Crippen molar-refractivity contribution in [2.75, 3.05) is 0 Å². The van der Waals surface area contributed by atoms with Crippen LogP contribution in [0.15, 0.2) is 12.1 Å². The molecule has 0 atom stereocenters. The quantitative estimate of drug-likeness (QED) is 0.563. The lowest BCUT2D eigenvalue weighted by Crippen LogP contribution is -2.10. The molecule has 1 aromatic rings. The minimum atomic E-state index is -0.231. The van der Waals surface area contributed by atoms with Gasteiger partial charge in [-0.1, -0.05) is 13.0 Å². The Morgan fingerprint density at radius 1 is 1.31 bits per heavy atom. The molecule has 1 aromatic carbocycles. The SMILES string of the molecule is CCc1c(OC(C)=O)ccc2c1CCCC2. The van der Waals surface area contributed by atoms with Gasteiger partial charge in [0, 0.05) is 6.92 Å². The second kappa shape index (κ2) is 4.69. The Bertz CT molecular complexity index is 407. The molecule has 2 nitrogen and oxygen atoms in total. The lowest BCUT2D eigenvalue weighted by Gasteiger charge is -2.21. The van der Waals surface area contributed by atoms with Crippen molar-refractivity contribution in [2.24, 2.45) is 0 Å². The summed E-state index contributed by atoms with van der Waals surface area (Å²) in [5.74, 6) is 0.529. The van der Waals surface area contributed by atoms with Crippen molar-refractivity contribution in [1.29, 1.82) is 0 Å². The van der Waals surface area contributed by atoms with Crippen LogP contribution in [0.5, 0.6) is 5.75 Å². The molecule has 0 saturated carbocycles. The third-order valence-corrected chi connectivity index (χ3v) is 3.22. The molecule has 2 rings (SSSR count). The molecular formula is C14H18O2. The largest absolute Gasteiger partial charge is 0.426 e. The Morgan fingerprint density at radius 3 is 2.75 bits per heavy atom. The van der Waals surface area contributed by atoms with Crippen molar-refractivity contribution in [1.82, 2.24) is 0 Å². The van der Waals surface area contributed by atoms with Crippen LogP contribution < -0.4 is 4.74 Å². The Morgan fingerprint density at radius 2 is 2.06 bits per heavy atom. The molecule has 1 aliphatic rings. The Balaban J connectivity index is 2.43. The van der Waals surface area contributed by atoms with E-state index in [0.717, 1.165) is 18.6 Å². The topological polar surface area (TPSA) is 26.3 Å². The predicted octanol–water partition coefficient (Wildman–Crippen LogP) is 3.05. The number of benzene rings is 1. The number of aryl methyl sites for hydroxylation is 1. The molecule has 0 heterocycles. The lowest BCUT2D eigenvalue weighted by molar-refractivity contribution is -0.131. The van der Waals surface area contributed by atoms with E-state index in [0.29, 0.717) is 0 Å². The van der Waals surface area contributed by atoms with Crippen LogP contribution in [0.4, 0.5) is 0 Å². The maximum atomic E-state index is 11.0. The fourth-order valence-electron chi connectivity index (χ4n) is 2.52. The van der Waals surface area contributed by atoms with Crippen molar-refractivity contribution in [3.05, 3.63) is 28.8 Å². The molecule has 0 unspecified atom stereocenters. The molecule has 0 spiro atoms. The van der Waals surface area contributed by atoms with E-state index in [9.17, 15) is 4.79 Å². The average molecular weight is 218 g/mol. The van der Waals surface area contributed by atoms with E-state index >= 15 is 0 Å². The van der Waals surface area contributed by atoms with E-state index < -0.39 is 0 Å². The van der Waals surface area contributed by atoms with E-state index in [1.54, 1.807) is 0 Å². The van der Waals surface area contributed by atoms with Gasteiger partial charge in [0.2, 0.25) is 0 Å². The third kappa shape index (κ3) is 2.11. The first kappa shape index (κ1) is 11.2. The highest BCUT2D eigenvalue weighted by molar-refractivity contribution is 5.70. The van der Waals surface area contributed by atoms with Crippen molar-refractivity contribution < 1.29 is 9.53 Å². The van der Waals surface area contributed by atoms with Crippen LogP contribution in [-0.4, -0.2) is 5.97 Å². The predicted molar refractivity (Wildman–Crippen MR) is 63.8 cm³/mol. The maximum absolute atomic E-state index is 11.0. The van der Waals surface area contributed by atoms with E-state index in [4.69, 9.17) is 4.74 Å². The molecule has 0 bridgehead atoms. The van der Waals surface area contributed by atoms with Crippen LogP contribution in [-0.2, 0) is 24.1 Å². The summed E-state index contributed by atoms with van der Waals surface area (Å²) < 4.78 is 5.26. The number of carbonyl (C=O) groups excluding carboxylic acids is 1. The minimum absolute atomic E-state index is 0.231. The number of carbonyl (C=O) groups is 1. The Kier molecular flexibility index (Phi) is 3.28. The van der Waals surface area contributed by atoms with Crippen molar-refractivity contribution in [2.45, 2.75) is 46.0 Å². The van der Waals surface area contributed by atoms with Gasteiger partial charge in [-0.15, -0.1) is 0 Å². The van der Waals surface area contributed by atoms with Crippen LogP contribution in [0.25, 0.3) is 0 Å². The molecule has 0 aromatic heterocycles. The van der Waals surface area contributed by atoms with E-state index in [1.807, 2.05) is 6.07 Å². The molecule has 0 amide bonds. The van der Waals surface area contributed by atoms with E-state index in [-0.39, 0.29) is 5.97 Å². The first-order valence-corrected chi connectivity index (χ1v) is 6.04. The molecule has 0 saturated heterocycles. The number of ether oxygens (including phenoxy) is 1. The van der Waals surface area contributed by atoms with Gasteiger partial charge in [-0.2, -0.15) is 0 Å². The number of hydrogen-bond donors (Lipinski definition) is 0. The summed E-state index contributed by atoms with van der Waals surface area (Å²) in [5, 5.41) is 0. The van der Waals surface area contributed by atoms with E-state index in [1.165, 1.54) is 42.9 Å². The van der Waals surface area contributed by atoms with Crippen molar-refractivity contribution >= 4 is 5.97 Å². The smallest absolute Gasteiger partial charge is 0.308 e. The molecule has 86 valence electrons. The van der Waals surface area contributed by atoms with Crippen LogP contribution in [0.3, 0.4) is 0 Å². The fraction of sp³-hybridized carbons (Fsp3) is 0.500. The van der Waals surface area contributed by atoms with Crippen LogP contribution in [0.2, 0.25) is 0 Å². The molecule has 0 aliphatic heterocycles. The molecule has 0 radical (unpaired) electrons. The summed E-state index contributed by atoms with van der Waals surface area (Å²) in [7, 11) is 0. The fourth-order valence-corrected chi connectivity index (χ4v) is 2.52. The van der Waals surface area contributed by atoms with Gasteiger partial charge >= 0.3 is 5.97 Å². The molecule has 0 N–H and O–H groups in total. The maximum Gasteiger partial charge on any atom is 0.308 e. The number of hydrogen-bond acceptors (Lipinski definition) is 2. The summed E-state index contributed by atoms with van der Waals surface area (Å²) in [6.07, 6.45) is 5.77. The van der Waals surface area contributed by atoms with Crippen molar-refractivity contribution in [3.8, 4) is 5.75 Å². The number of fused-ring (bicyclic) bond motifs is 1. The van der Waals surface area contributed by atoms with Gasteiger partial charge < -0.3 is 4.74 Å². The first-order valence-electron chi connectivity index (χ1n) is 6.04. The van der Waals surface area contributed by atoms with Gasteiger partial charge in [-0.3, -0.25) is 4.79 Å². The first-order chi connectivity index (χ1) is 7.72. The second-order valence-electron chi connectivity index (χ2n) is 4.33. The van der Waals surface area contributed by atoms with E-state index in [2.05, 4.69) is 13.0 Å². The zero-order valence-corrected chi connectivity index (χ0v) is 10.0. The van der Waals surface area contributed by atoms with Gasteiger partial charge in [0.1, 0.15) is 5.75 Å². The summed E-state index contributed by atoms with van der Waals surface area (Å²) in [6, 6.07) is 4.07. The van der Waals surface area contributed by atoms with Gasteiger partial charge in [-0.05, 0) is 54.9 Å². The molecule has 16 heavy (non-hydrogen) atoms. The molecule has 0 fully saturated rings. The Labute approximate surface area is 96.6 Å². The highest BCUT2D eigenvalue weighted by Gasteiger charge is 2.16. The monoisotopic (exact) mass is 218 g/mol. The van der Waals surface area contributed by atoms with Crippen LogP contribution >= 0.6 is 0 Å². The van der Waals surface area contributed by atoms with Gasteiger partial charge in [0.25, 0.3) is 0 Å². The van der Waals surface area contributed by atoms with Crippen molar-refractivity contribution in [3.63, 3.8) is 0 Å². The molecular weight excluding hydrogens is 200 g/mol. The summed E-state index contributed by atoms with van der Waals surface area (Å²) in [6.45, 7) is 3.58. The highest BCUT2D eigenvalue weighted by atomic mass is 16.5. The molecule has 1 aliphatic carbocycles. The van der Waals surface area contributed by atoms with Gasteiger partial charge in [0.05, 0.1) is 0 Å². The van der Waals surface area contributed by atoms with Gasteiger partial charge in [-0.25, -0.2) is 0 Å². The normalized spacial score (nSPS) is 14.4. The number of rotatable bonds is 2. The summed E-state index contributed by atoms with van der Waals surface area (Å²) >= 11 is 0. The van der Waals surface area contributed by atoms with Gasteiger partial charge in [0.15, 0.2) is 0 Å². The standard InChI is InChI=1S/C14H18O2/c1-3-12-13-7-5-4-6-11(13)8-9-14(12)16-10(2)15/h8-9H,3-7H2,1-2H3. The van der Waals surface area contributed by atoms with Crippen LogP contribution in [0.1, 0.15) is 43.4 Å². The summed E-state index contributed by atoms with van der Waals surface area (Å²) in [4.78, 5) is 11.0. The average Bonchev–Trinajstić information content (AvgIpc) is 2.28. The zero-order chi connectivity index (χ0) is 11.5. The lowest BCUT2D eigenvalue weighted by atomic mass is 9.87. The minimum Gasteiger partial charge on any atom is -0.426 e. The molecule has 2 heteroatoms. The third-order valence-electron chi connectivity index (χ3n) is 3.22. The summed E-state index contributed by atoms with van der Waals surface area (Å²) in [5.41, 5.74) is 4.10.